The van der Waals surface area contributed by atoms with E-state index in [0.717, 1.165) is 11.3 Å². The lowest BCUT2D eigenvalue weighted by Crippen LogP contribution is -2.19. The molecule has 0 aliphatic heterocycles. The summed E-state index contributed by atoms with van der Waals surface area (Å²) in [6, 6.07) is 13.7. The van der Waals surface area contributed by atoms with Gasteiger partial charge in [0.1, 0.15) is 5.25 Å². The molecule has 2 N–H and O–H groups in total. The van der Waals surface area contributed by atoms with Crippen molar-refractivity contribution < 1.29 is 4.79 Å². The average molecular weight is 258 g/mol. The largest absolute Gasteiger partial charge is 0.368 e. The highest BCUT2D eigenvalue weighted by Crippen LogP contribution is 2.30. The molecule has 1 heterocycles. The van der Waals surface area contributed by atoms with Crippen molar-refractivity contribution in [1.82, 2.24) is 4.98 Å². The van der Waals surface area contributed by atoms with Gasteiger partial charge >= 0.3 is 0 Å². The van der Waals surface area contributed by atoms with Crippen LogP contribution in [0.1, 0.15) is 16.4 Å². The molecular formula is C14H14N2OS. The van der Waals surface area contributed by atoms with Crippen LogP contribution in [0, 0.1) is 0 Å². The van der Waals surface area contributed by atoms with Crippen molar-refractivity contribution in [3.05, 3.63) is 66.0 Å². The quantitative estimate of drug-likeness (QED) is 0.896. The van der Waals surface area contributed by atoms with Gasteiger partial charge in [0, 0.05) is 18.1 Å². The van der Waals surface area contributed by atoms with E-state index >= 15 is 0 Å². The Kier molecular flexibility index (Phi) is 4.36. The summed E-state index contributed by atoms with van der Waals surface area (Å²) < 4.78 is 0. The van der Waals surface area contributed by atoms with Crippen molar-refractivity contribution in [2.45, 2.75) is 11.0 Å². The average Bonchev–Trinajstić information content (AvgIpc) is 2.41. The molecule has 2 rings (SSSR count). The topological polar surface area (TPSA) is 56.0 Å². The molecule has 2 aromatic rings. The zero-order valence-electron chi connectivity index (χ0n) is 9.82. The maximum atomic E-state index is 11.5. The van der Waals surface area contributed by atoms with E-state index < -0.39 is 0 Å². The molecule has 1 aromatic carbocycles. The molecule has 0 radical (unpaired) electrons. The molecule has 1 atom stereocenters. The molecule has 3 nitrogen and oxygen atoms in total. The van der Waals surface area contributed by atoms with E-state index in [4.69, 9.17) is 5.73 Å². The lowest BCUT2D eigenvalue weighted by molar-refractivity contribution is -0.117. The van der Waals surface area contributed by atoms with Crippen LogP contribution in [-0.2, 0) is 10.5 Å². The van der Waals surface area contributed by atoms with Crippen LogP contribution in [-0.4, -0.2) is 10.9 Å². The Hall–Kier alpha value is -1.81. The highest BCUT2D eigenvalue weighted by atomic mass is 32.2. The molecule has 1 unspecified atom stereocenters. The van der Waals surface area contributed by atoms with Crippen molar-refractivity contribution >= 4 is 17.7 Å². The number of carbonyl (C=O) groups is 1. The van der Waals surface area contributed by atoms with Crippen LogP contribution < -0.4 is 5.73 Å². The van der Waals surface area contributed by atoms with E-state index in [1.54, 1.807) is 12.4 Å². The first-order valence-corrected chi connectivity index (χ1v) is 6.67. The first kappa shape index (κ1) is 12.6. The zero-order valence-corrected chi connectivity index (χ0v) is 10.6. The molecule has 0 aliphatic rings. The Morgan fingerprint density at radius 2 is 1.83 bits per heavy atom. The van der Waals surface area contributed by atoms with Crippen molar-refractivity contribution in [3.8, 4) is 0 Å². The highest BCUT2D eigenvalue weighted by molar-refractivity contribution is 7.99. The Labute approximate surface area is 110 Å². The SMILES string of the molecule is NC(=O)C(SCc1ccccc1)c1ccncc1. The molecule has 0 spiro atoms. The third-order valence-corrected chi connectivity index (χ3v) is 3.86. The van der Waals surface area contributed by atoms with E-state index in [-0.39, 0.29) is 11.2 Å². The summed E-state index contributed by atoms with van der Waals surface area (Å²) in [6.07, 6.45) is 3.35. The van der Waals surface area contributed by atoms with Crippen LogP contribution in [0.5, 0.6) is 0 Å². The van der Waals surface area contributed by atoms with Crippen LogP contribution in [0.3, 0.4) is 0 Å². The number of rotatable bonds is 5. The molecule has 0 aliphatic carbocycles. The number of aromatic nitrogens is 1. The summed E-state index contributed by atoms with van der Waals surface area (Å²) in [7, 11) is 0. The summed E-state index contributed by atoms with van der Waals surface area (Å²) in [5.41, 5.74) is 7.54. The van der Waals surface area contributed by atoms with Gasteiger partial charge in [0.25, 0.3) is 0 Å². The number of hydrogen-bond acceptors (Lipinski definition) is 3. The van der Waals surface area contributed by atoms with Gasteiger partial charge in [0.2, 0.25) is 5.91 Å². The van der Waals surface area contributed by atoms with Crippen molar-refractivity contribution in [3.63, 3.8) is 0 Å². The number of amides is 1. The maximum Gasteiger partial charge on any atom is 0.235 e. The molecule has 1 amide bonds. The third kappa shape index (κ3) is 3.34. The second-order valence-corrected chi connectivity index (χ2v) is 4.95. The predicted octanol–water partition coefficient (Wildman–Crippen LogP) is 2.54. The Balaban J connectivity index is 2.06. The number of carbonyl (C=O) groups excluding carboxylic acids is 1. The summed E-state index contributed by atoms with van der Waals surface area (Å²) in [5, 5.41) is -0.326. The molecule has 0 fully saturated rings. The molecule has 1 aromatic heterocycles. The zero-order chi connectivity index (χ0) is 12.8. The van der Waals surface area contributed by atoms with Crippen LogP contribution in [0.2, 0.25) is 0 Å². The number of primary amides is 1. The van der Waals surface area contributed by atoms with Gasteiger partial charge < -0.3 is 5.73 Å². The van der Waals surface area contributed by atoms with Crippen molar-refractivity contribution in [2.24, 2.45) is 5.73 Å². The van der Waals surface area contributed by atoms with Gasteiger partial charge in [-0.3, -0.25) is 9.78 Å². The molecule has 92 valence electrons. The Morgan fingerprint density at radius 3 is 2.44 bits per heavy atom. The van der Waals surface area contributed by atoms with Gasteiger partial charge in [-0.1, -0.05) is 30.3 Å². The minimum Gasteiger partial charge on any atom is -0.368 e. The standard InChI is InChI=1S/C14H14N2OS/c15-14(17)13(12-6-8-16-9-7-12)18-10-11-4-2-1-3-5-11/h1-9,13H,10H2,(H2,15,17). The molecule has 0 saturated heterocycles. The number of nitrogens with zero attached hydrogens (tertiary/aromatic N) is 1. The van der Waals surface area contributed by atoms with E-state index in [9.17, 15) is 4.79 Å². The molecule has 4 heteroatoms. The van der Waals surface area contributed by atoms with Crippen molar-refractivity contribution in [2.75, 3.05) is 0 Å². The normalized spacial score (nSPS) is 12.0. The fourth-order valence-corrected chi connectivity index (χ4v) is 2.70. The second kappa shape index (κ2) is 6.21. The molecule has 18 heavy (non-hydrogen) atoms. The van der Waals surface area contributed by atoms with Crippen molar-refractivity contribution in [1.29, 1.82) is 0 Å². The molecular weight excluding hydrogens is 244 g/mol. The number of benzene rings is 1. The summed E-state index contributed by atoms with van der Waals surface area (Å²) in [4.78, 5) is 15.4. The summed E-state index contributed by atoms with van der Waals surface area (Å²) in [5.74, 6) is 0.443. The minimum atomic E-state index is -0.326. The predicted molar refractivity (Wildman–Crippen MR) is 73.9 cm³/mol. The van der Waals surface area contributed by atoms with E-state index in [2.05, 4.69) is 4.98 Å². The summed E-state index contributed by atoms with van der Waals surface area (Å²) in [6.45, 7) is 0. The molecule has 0 bridgehead atoms. The van der Waals surface area contributed by atoms with E-state index in [0.29, 0.717) is 0 Å². The lowest BCUT2D eigenvalue weighted by Gasteiger charge is -2.13. The van der Waals surface area contributed by atoms with Gasteiger partial charge in [-0.2, -0.15) is 0 Å². The third-order valence-electron chi connectivity index (χ3n) is 2.53. The summed E-state index contributed by atoms with van der Waals surface area (Å²) >= 11 is 1.53. The van der Waals surface area contributed by atoms with E-state index in [1.807, 2.05) is 42.5 Å². The number of hydrogen-bond donors (Lipinski definition) is 1. The maximum absolute atomic E-state index is 11.5. The molecule has 0 saturated carbocycles. The van der Waals surface area contributed by atoms with Gasteiger partial charge in [0.15, 0.2) is 0 Å². The van der Waals surface area contributed by atoms with Gasteiger partial charge in [-0.05, 0) is 23.3 Å². The number of thioether (sulfide) groups is 1. The van der Waals surface area contributed by atoms with Crippen LogP contribution in [0.25, 0.3) is 0 Å². The fourth-order valence-electron chi connectivity index (χ4n) is 1.63. The highest BCUT2D eigenvalue weighted by Gasteiger charge is 2.17. The fraction of sp³-hybridized carbons (Fsp3) is 0.143. The number of pyridine rings is 1. The van der Waals surface area contributed by atoms with Gasteiger partial charge in [-0.25, -0.2) is 0 Å². The first-order chi connectivity index (χ1) is 8.77. The minimum absolute atomic E-state index is 0.317. The Morgan fingerprint density at radius 1 is 1.17 bits per heavy atom. The van der Waals surface area contributed by atoms with E-state index in [1.165, 1.54) is 17.3 Å². The second-order valence-electron chi connectivity index (χ2n) is 3.86. The number of nitrogens with two attached hydrogens (primary N) is 1. The smallest absolute Gasteiger partial charge is 0.235 e. The van der Waals surface area contributed by atoms with Crippen LogP contribution in [0.15, 0.2) is 54.9 Å². The monoisotopic (exact) mass is 258 g/mol. The van der Waals surface area contributed by atoms with Gasteiger partial charge in [-0.15, -0.1) is 11.8 Å². The Bertz CT molecular complexity index is 502. The van der Waals surface area contributed by atoms with Gasteiger partial charge in [0.05, 0.1) is 0 Å². The lowest BCUT2D eigenvalue weighted by atomic mass is 10.2. The van der Waals surface area contributed by atoms with Crippen LogP contribution >= 0.6 is 11.8 Å². The van der Waals surface area contributed by atoms with Crippen LogP contribution in [0.4, 0.5) is 0 Å². The first-order valence-electron chi connectivity index (χ1n) is 5.62.